The van der Waals surface area contributed by atoms with E-state index in [-0.39, 0.29) is 17.4 Å². The Hall–Kier alpha value is -0.870. The fourth-order valence-corrected chi connectivity index (χ4v) is 2.56. The predicted molar refractivity (Wildman–Crippen MR) is 83.5 cm³/mol. The lowest BCUT2D eigenvalue weighted by Crippen LogP contribution is -2.47. The maximum Gasteiger partial charge on any atom is 0.228 e. The van der Waals surface area contributed by atoms with E-state index >= 15 is 0 Å². The smallest absolute Gasteiger partial charge is 0.228 e. The number of carbonyl (C=O) groups is 1. The van der Waals surface area contributed by atoms with Crippen LogP contribution in [0.4, 0.5) is 0 Å². The summed E-state index contributed by atoms with van der Waals surface area (Å²) in [5, 5.41) is 0. The molecule has 3 nitrogen and oxygen atoms in total. The van der Waals surface area contributed by atoms with E-state index in [9.17, 15) is 4.79 Å². The van der Waals surface area contributed by atoms with Crippen molar-refractivity contribution in [3.8, 4) is 0 Å². The average Bonchev–Trinajstić information content (AvgIpc) is 2.47. The Morgan fingerprint density at radius 2 is 2.05 bits per heavy atom. The Bertz CT molecular complexity index is 470. The molecule has 2 rings (SSSR count). The number of ether oxygens (including phenoxy) is 1. The zero-order valence-corrected chi connectivity index (χ0v) is 13.9. The number of rotatable bonds is 3. The molecule has 20 heavy (non-hydrogen) atoms. The summed E-state index contributed by atoms with van der Waals surface area (Å²) in [5.41, 5.74) is 0.835. The van der Waals surface area contributed by atoms with Gasteiger partial charge in [-0.2, -0.15) is 0 Å². The summed E-state index contributed by atoms with van der Waals surface area (Å²) in [6.45, 7) is 8.02. The Morgan fingerprint density at radius 1 is 1.40 bits per heavy atom. The molecule has 1 unspecified atom stereocenters. The van der Waals surface area contributed by atoms with Crippen LogP contribution in [-0.2, 0) is 9.53 Å². The molecular formula is C16H22BrNO2. The van der Waals surface area contributed by atoms with Crippen LogP contribution in [0.15, 0.2) is 28.7 Å². The van der Waals surface area contributed by atoms with Gasteiger partial charge >= 0.3 is 0 Å². The first kappa shape index (κ1) is 15.5. The second kappa shape index (κ2) is 6.27. The minimum atomic E-state index is -0.290. The average molecular weight is 340 g/mol. The van der Waals surface area contributed by atoms with Gasteiger partial charge in [0, 0.05) is 16.4 Å². The molecule has 1 amide bonds. The van der Waals surface area contributed by atoms with Crippen molar-refractivity contribution in [2.75, 3.05) is 19.7 Å². The molecule has 4 heteroatoms. The molecule has 0 N–H and O–H groups in total. The van der Waals surface area contributed by atoms with E-state index in [1.807, 2.05) is 43.0 Å². The molecule has 0 aliphatic carbocycles. The molecular weight excluding hydrogens is 318 g/mol. The van der Waals surface area contributed by atoms with E-state index in [4.69, 9.17) is 4.74 Å². The summed E-state index contributed by atoms with van der Waals surface area (Å²) >= 11 is 3.43. The van der Waals surface area contributed by atoms with Crippen LogP contribution in [-0.4, -0.2) is 30.5 Å². The normalized spacial score (nSPS) is 20.0. The third-order valence-electron chi connectivity index (χ3n) is 4.06. The standard InChI is InChI=1S/C16H22BrNO2/c1-4-16(2,3)15(19)18-9-10-20-14(11-18)12-5-7-13(17)8-6-12/h5-8,14H,4,9-11H2,1-3H3. The maximum atomic E-state index is 12.5. The zero-order chi connectivity index (χ0) is 14.8. The molecule has 0 bridgehead atoms. The number of amides is 1. The Labute approximate surface area is 129 Å². The van der Waals surface area contributed by atoms with Crippen LogP contribution in [0.1, 0.15) is 38.9 Å². The van der Waals surface area contributed by atoms with Crippen molar-refractivity contribution in [1.82, 2.24) is 4.90 Å². The quantitative estimate of drug-likeness (QED) is 0.838. The molecule has 0 spiro atoms. The number of hydrogen-bond acceptors (Lipinski definition) is 2. The van der Waals surface area contributed by atoms with Crippen molar-refractivity contribution in [3.05, 3.63) is 34.3 Å². The van der Waals surface area contributed by atoms with Crippen LogP contribution in [0.5, 0.6) is 0 Å². The van der Waals surface area contributed by atoms with Gasteiger partial charge in [0.1, 0.15) is 6.10 Å². The van der Waals surface area contributed by atoms with Crippen LogP contribution in [0.25, 0.3) is 0 Å². The first-order chi connectivity index (χ1) is 9.44. The summed E-state index contributed by atoms with van der Waals surface area (Å²) in [6, 6.07) is 8.12. The first-order valence-corrected chi connectivity index (χ1v) is 7.90. The Balaban J connectivity index is 2.09. The van der Waals surface area contributed by atoms with E-state index in [0.29, 0.717) is 19.7 Å². The van der Waals surface area contributed by atoms with E-state index in [1.165, 1.54) is 0 Å². The summed E-state index contributed by atoms with van der Waals surface area (Å²) in [6.07, 6.45) is 0.833. The van der Waals surface area contributed by atoms with Crippen molar-refractivity contribution in [2.24, 2.45) is 5.41 Å². The van der Waals surface area contributed by atoms with Crippen molar-refractivity contribution >= 4 is 21.8 Å². The molecule has 1 fully saturated rings. The summed E-state index contributed by atoms with van der Waals surface area (Å²) < 4.78 is 6.87. The lowest BCUT2D eigenvalue weighted by Gasteiger charge is -2.37. The van der Waals surface area contributed by atoms with Crippen LogP contribution in [0.3, 0.4) is 0 Å². The fraction of sp³-hybridized carbons (Fsp3) is 0.562. The Kier molecular flexibility index (Phi) is 4.86. The monoisotopic (exact) mass is 339 g/mol. The molecule has 110 valence electrons. The largest absolute Gasteiger partial charge is 0.370 e. The number of halogens is 1. The first-order valence-electron chi connectivity index (χ1n) is 7.10. The maximum absolute atomic E-state index is 12.5. The van der Waals surface area contributed by atoms with Crippen molar-refractivity contribution in [3.63, 3.8) is 0 Å². The van der Waals surface area contributed by atoms with Gasteiger partial charge in [-0.1, -0.05) is 48.8 Å². The van der Waals surface area contributed by atoms with Gasteiger partial charge in [0.05, 0.1) is 13.2 Å². The number of morpholine rings is 1. The van der Waals surface area contributed by atoms with E-state index in [0.717, 1.165) is 16.5 Å². The third kappa shape index (κ3) is 3.41. The molecule has 1 aliphatic heterocycles. The minimum Gasteiger partial charge on any atom is -0.370 e. The predicted octanol–water partition coefficient (Wildman–Crippen LogP) is 3.79. The number of hydrogen-bond donors (Lipinski definition) is 0. The van der Waals surface area contributed by atoms with Crippen LogP contribution >= 0.6 is 15.9 Å². The van der Waals surface area contributed by atoms with Crippen molar-refractivity contribution in [2.45, 2.75) is 33.3 Å². The second-order valence-electron chi connectivity index (χ2n) is 5.90. The SMILES string of the molecule is CCC(C)(C)C(=O)N1CCOC(c2ccc(Br)cc2)C1. The molecule has 0 saturated carbocycles. The number of benzene rings is 1. The molecule has 1 saturated heterocycles. The third-order valence-corrected chi connectivity index (χ3v) is 4.59. The number of carbonyl (C=O) groups excluding carboxylic acids is 1. The molecule has 1 aliphatic rings. The van der Waals surface area contributed by atoms with Gasteiger partial charge in [-0.25, -0.2) is 0 Å². The lowest BCUT2D eigenvalue weighted by atomic mass is 9.88. The molecule has 1 heterocycles. The van der Waals surface area contributed by atoms with Crippen LogP contribution in [0.2, 0.25) is 0 Å². The van der Waals surface area contributed by atoms with Gasteiger partial charge in [-0.3, -0.25) is 4.79 Å². The molecule has 0 radical (unpaired) electrons. The van der Waals surface area contributed by atoms with Crippen molar-refractivity contribution < 1.29 is 9.53 Å². The molecule has 0 aromatic heterocycles. The van der Waals surface area contributed by atoms with Crippen LogP contribution in [0, 0.1) is 5.41 Å². The Morgan fingerprint density at radius 3 is 2.65 bits per heavy atom. The van der Waals surface area contributed by atoms with Crippen LogP contribution < -0.4 is 0 Å². The zero-order valence-electron chi connectivity index (χ0n) is 12.4. The summed E-state index contributed by atoms with van der Waals surface area (Å²) in [7, 11) is 0. The van der Waals surface area contributed by atoms with Gasteiger partial charge in [0.25, 0.3) is 0 Å². The highest BCUT2D eigenvalue weighted by molar-refractivity contribution is 9.10. The highest BCUT2D eigenvalue weighted by Gasteiger charge is 2.33. The second-order valence-corrected chi connectivity index (χ2v) is 6.82. The highest BCUT2D eigenvalue weighted by atomic mass is 79.9. The molecule has 1 aromatic carbocycles. The highest BCUT2D eigenvalue weighted by Crippen LogP contribution is 2.28. The lowest BCUT2D eigenvalue weighted by molar-refractivity contribution is -0.148. The van der Waals surface area contributed by atoms with Gasteiger partial charge in [-0.05, 0) is 24.1 Å². The molecule has 1 aromatic rings. The topological polar surface area (TPSA) is 29.5 Å². The van der Waals surface area contributed by atoms with E-state index < -0.39 is 0 Å². The van der Waals surface area contributed by atoms with Gasteiger partial charge in [-0.15, -0.1) is 0 Å². The minimum absolute atomic E-state index is 0.0199. The van der Waals surface area contributed by atoms with E-state index in [1.54, 1.807) is 0 Å². The van der Waals surface area contributed by atoms with E-state index in [2.05, 4.69) is 22.9 Å². The summed E-state index contributed by atoms with van der Waals surface area (Å²) in [4.78, 5) is 14.5. The van der Waals surface area contributed by atoms with Crippen molar-refractivity contribution in [1.29, 1.82) is 0 Å². The van der Waals surface area contributed by atoms with Gasteiger partial charge in [0.2, 0.25) is 5.91 Å². The van der Waals surface area contributed by atoms with Gasteiger partial charge in [0.15, 0.2) is 0 Å². The van der Waals surface area contributed by atoms with Gasteiger partial charge < -0.3 is 9.64 Å². The molecule has 1 atom stereocenters. The summed E-state index contributed by atoms with van der Waals surface area (Å²) in [5.74, 6) is 0.227. The number of nitrogens with zero attached hydrogens (tertiary/aromatic N) is 1. The fourth-order valence-electron chi connectivity index (χ4n) is 2.29.